The maximum absolute atomic E-state index is 11.6. The number of furan rings is 1. The quantitative estimate of drug-likeness (QED) is 0.836. The highest BCUT2D eigenvalue weighted by molar-refractivity contribution is 5.87. The monoisotopic (exact) mass is 280 g/mol. The van der Waals surface area contributed by atoms with Crippen molar-refractivity contribution in [1.82, 2.24) is 4.90 Å². The van der Waals surface area contributed by atoms with Crippen molar-refractivity contribution in [3.63, 3.8) is 0 Å². The maximum atomic E-state index is 11.6. The molecule has 1 saturated heterocycles. The van der Waals surface area contributed by atoms with E-state index in [-0.39, 0.29) is 17.6 Å². The number of ether oxygens (including phenoxy) is 1. The van der Waals surface area contributed by atoms with E-state index in [9.17, 15) is 9.59 Å². The molecule has 110 valence electrons. The van der Waals surface area contributed by atoms with Crippen molar-refractivity contribution >= 4 is 11.9 Å². The average Bonchev–Trinajstić information content (AvgIpc) is 2.88. The molecule has 0 spiro atoms. The Morgan fingerprint density at radius 3 is 2.90 bits per heavy atom. The lowest BCUT2D eigenvalue weighted by atomic mass is 9.92. The number of piperidine rings is 1. The molecule has 20 heavy (non-hydrogen) atoms. The lowest BCUT2D eigenvalue weighted by Gasteiger charge is -2.36. The summed E-state index contributed by atoms with van der Waals surface area (Å²) in [4.78, 5) is 25.1. The van der Waals surface area contributed by atoms with Crippen LogP contribution in [0.15, 0.2) is 16.7 Å². The van der Waals surface area contributed by atoms with Gasteiger partial charge in [0.25, 0.3) is 0 Å². The molecule has 1 amide bonds. The van der Waals surface area contributed by atoms with E-state index in [4.69, 9.17) is 10.2 Å². The molecule has 2 heterocycles. The third-order valence-corrected chi connectivity index (χ3v) is 3.90. The first kappa shape index (κ1) is 14.6. The second kappa shape index (κ2) is 6.09. The molecule has 1 aliphatic heterocycles. The number of nitrogens with two attached hydrogens (primary N) is 1. The summed E-state index contributed by atoms with van der Waals surface area (Å²) in [6, 6.07) is 2.10. The van der Waals surface area contributed by atoms with Crippen molar-refractivity contribution in [3.05, 3.63) is 23.7 Å². The normalized spacial score (nSPS) is 23.5. The molecule has 0 aromatic carbocycles. The molecule has 2 N–H and O–H groups in total. The van der Waals surface area contributed by atoms with Crippen LogP contribution in [0.5, 0.6) is 0 Å². The van der Waals surface area contributed by atoms with Crippen LogP contribution in [0.2, 0.25) is 0 Å². The van der Waals surface area contributed by atoms with Crippen LogP contribution in [0, 0.1) is 5.92 Å². The predicted molar refractivity (Wildman–Crippen MR) is 71.8 cm³/mol. The molecule has 6 nitrogen and oxygen atoms in total. The first-order valence-corrected chi connectivity index (χ1v) is 6.71. The lowest BCUT2D eigenvalue weighted by Crippen LogP contribution is -2.45. The highest BCUT2D eigenvalue weighted by Gasteiger charge is 2.30. The number of amides is 1. The van der Waals surface area contributed by atoms with Crippen LogP contribution in [-0.4, -0.2) is 36.5 Å². The van der Waals surface area contributed by atoms with E-state index >= 15 is 0 Å². The van der Waals surface area contributed by atoms with E-state index in [1.807, 2.05) is 0 Å². The van der Waals surface area contributed by atoms with Gasteiger partial charge in [0.2, 0.25) is 11.7 Å². The van der Waals surface area contributed by atoms with Crippen LogP contribution in [0.4, 0.5) is 0 Å². The van der Waals surface area contributed by atoms with E-state index in [1.54, 1.807) is 6.07 Å². The molecule has 6 heteroatoms. The summed E-state index contributed by atoms with van der Waals surface area (Å²) in [7, 11) is 1.32. The fourth-order valence-corrected chi connectivity index (χ4v) is 2.58. The summed E-state index contributed by atoms with van der Waals surface area (Å²) in [6.07, 6.45) is 3.21. The van der Waals surface area contributed by atoms with E-state index in [0.29, 0.717) is 19.1 Å². The Morgan fingerprint density at radius 1 is 1.50 bits per heavy atom. The smallest absolute Gasteiger partial charge is 0.374 e. The Morgan fingerprint density at radius 2 is 2.25 bits per heavy atom. The van der Waals surface area contributed by atoms with Crippen LogP contribution >= 0.6 is 0 Å². The lowest BCUT2D eigenvalue weighted by molar-refractivity contribution is -0.124. The van der Waals surface area contributed by atoms with Crippen LogP contribution in [0.1, 0.15) is 35.9 Å². The Labute approximate surface area is 117 Å². The molecule has 1 aliphatic rings. The Bertz CT molecular complexity index is 497. The van der Waals surface area contributed by atoms with Crippen molar-refractivity contribution in [2.24, 2.45) is 11.7 Å². The predicted octanol–water partition coefficient (Wildman–Crippen LogP) is 1.15. The highest BCUT2D eigenvalue weighted by Crippen LogP contribution is 2.25. The zero-order chi connectivity index (χ0) is 14.7. The molecular formula is C14H20N2O4. The number of rotatable bonds is 4. The average molecular weight is 280 g/mol. The number of hydrogen-bond donors (Lipinski definition) is 1. The summed E-state index contributed by atoms with van der Waals surface area (Å²) < 4.78 is 9.86. The van der Waals surface area contributed by atoms with Crippen molar-refractivity contribution in [3.8, 4) is 0 Å². The molecule has 2 rings (SSSR count). The van der Waals surface area contributed by atoms with Gasteiger partial charge in [0, 0.05) is 24.7 Å². The summed E-state index contributed by atoms with van der Waals surface area (Å²) in [5, 5.41) is 0. The number of methoxy groups -OCH3 is 1. The highest BCUT2D eigenvalue weighted by atomic mass is 16.5. The number of esters is 1. The summed E-state index contributed by atoms with van der Waals surface area (Å²) in [5.74, 6) is -0.649. The molecule has 1 fully saturated rings. The minimum absolute atomic E-state index is 0.125. The number of primary amides is 1. The number of carbonyl (C=O) groups excluding carboxylic acids is 2. The molecule has 2 atom stereocenters. The van der Waals surface area contributed by atoms with Crippen LogP contribution in [-0.2, 0) is 16.1 Å². The standard InChI is InChI=1S/C14H20N2O4/c1-9-3-4-11(13(15)17)8-16(9)7-10-5-6-20-12(10)14(18)19-2/h5-6,9,11H,3-4,7-8H2,1-2H3,(H2,15,17)/t9-,11+/m0/s1. The topological polar surface area (TPSA) is 85.8 Å². The third-order valence-electron chi connectivity index (χ3n) is 3.90. The third kappa shape index (κ3) is 3.01. The molecule has 0 saturated carbocycles. The van der Waals surface area contributed by atoms with Gasteiger partial charge < -0.3 is 14.9 Å². The van der Waals surface area contributed by atoms with Crippen molar-refractivity contribution in [2.75, 3.05) is 13.7 Å². The SMILES string of the molecule is COC(=O)c1occc1CN1C[C@H](C(N)=O)CC[C@@H]1C. The Hall–Kier alpha value is -1.82. The first-order chi connectivity index (χ1) is 9.52. The Balaban J connectivity index is 2.10. The van der Waals surface area contributed by atoms with Crippen LogP contribution < -0.4 is 5.73 Å². The van der Waals surface area contributed by atoms with Gasteiger partial charge >= 0.3 is 5.97 Å². The molecule has 0 bridgehead atoms. The van der Waals surface area contributed by atoms with Gasteiger partial charge in [-0.15, -0.1) is 0 Å². The number of nitrogens with zero attached hydrogens (tertiary/aromatic N) is 1. The van der Waals surface area contributed by atoms with E-state index < -0.39 is 5.97 Å². The van der Waals surface area contributed by atoms with E-state index in [1.165, 1.54) is 13.4 Å². The van der Waals surface area contributed by atoms with Crippen LogP contribution in [0.25, 0.3) is 0 Å². The Kier molecular flexibility index (Phi) is 4.44. The van der Waals surface area contributed by atoms with Gasteiger partial charge in [-0.05, 0) is 25.8 Å². The minimum atomic E-state index is -0.485. The van der Waals surface area contributed by atoms with Gasteiger partial charge in [0.15, 0.2) is 0 Å². The van der Waals surface area contributed by atoms with Gasteiger partial charge in [-0.25, -0.2) is 4.79 Å². The molecular weight excluding hydrogens is 260 g/mol. The zero-order valence-corrected chi connectivity index (χ0v) is 11.8. The number of hydrogen-bond acceptors (Lipinski definition) is 5. The summed E-state index contributed by atoms with van der Waals surface area (Å²) in [5.41, 5.74) is 6.16. The maximum Gasteiger partial charge on any atom is 0.374 e. The molecule has 0 radical (unpaired) electrons. The minimum Gasteiger partial charge on any atom is -0.463 e. The zero-order valence-electron chi connectivity index (χ0n) is 11.8. The van der Waals surface area contributed by atoms with Gasteiger partial charge in [0.1, 0.15) is 0 Å². The van der Waals surface area contributed by atoms with Crippen molar-refractivity contribution in [2.45, 2.75) is 32.4 Å². The summed E-state index contributed by atoms with van der Waals surface area (Å²) in [6.45, 7) is 3.27. The summed E-state index contributed by atoms with van der Waals surface area (Å²) >= 11 is 0. The van der Waals surface area contributed by atoms with Gasteiger partial charge in [-0.2, -0.15) is 0 Å². The second-order valence-corrected chi connectivity index (χ2v) is 5.22. The van der Waals surface area contributed by atoms with Crippen molar-refractivity contribution < 1.29 is 18.7 Å². The largest absolute Gasteiger partial charge is 0.463 e. The fraction of sp³-hybridized carbons (Fsp3) is 0.571. The molecule has 0 unspecified atom stereocenters. The number of carbonyl (C=O) groups is 2. The van der Waals surface area contributed by atoms with Gasteiger partial charge in [0.05, 0.1) is 19.3 Å². The van der Waals surface area contributed by atoms with E-state index in [2.05, 4.69) is 16.6 Å². The van der Waals surface area contributed by atoms with E-state index in [0.717, 1.165) is 18.4 Å². The fourth-order valence-electron chi connectivity index (χ4n) is 2.58. The molecule has 1 aromatic heterocycles. The second-order valence-electron chi connectivity index (χ2n) is 5.22. The van der Waals surface area contributed by atoms with Crippen LogP contribution in [0.3, 0.4) is 0 Å². The molecule has 0 aliphatic carbocycles. The number of likely N-dealkylation sites (tertiary alicyclic amines) is 1. The van der Waals surface area contributed by atoms with Gasteiger partial charge in [-0.3, -0.25) is 9.69 Å². The van der Waals surface area contributed by atoms with Gasteiger partial charge in [-0.1, -0.05) is 0 Å². The van der Waals surface area contributed by atoms with Crippen molar-refractivity contribution in [1.29, 1.82) is 0 Å². The molecule has 1 aromatic rings. The first-order valence-electron chi connectivity index (χ1n) is 6.71.